The monoisotopic (exact) mass is 2040 g/mol. The largest absolute Gasteiger partial charge is 0.457 e. The Labute approximate surface area is 866 Å². The second kappa shape index (κ2) is 53.7. The fourth-order valence-corrected chi connectivity index (χ4v) is 16.9. The van der Waals surface area contributed by atoms with E-state index in [0.29, 0.717) is 150 Å². The van der Waals surface area contributed by atoms with Crippen LogP contribution in [0.3, 0.4) is 0 Å². The van der Waals surface area contributed by atoms with E-state index >= 15 is 0 Å². The first-order valence-corrected chi connectivity index (χ1v) is 49.0. The molecule has 4 fully saturated rings. The maximum absolute atomic E-state index is 12.7. The first-order valence-electron chi connectivity index (χ1n) is 48.6. The van der Waals surface area contributed by atoms with Crippen molar-refractivity contribution in [3.05, 3.63) is 377 Å². The van der Waals surface area contributed by atoms with Crippen molar-refractivity contribution in [2.24, 2.45) is 0 Å². The van der Waals surface area contributed by atoms with Gasteiger partial charge in [-0.15, -0.1) is 0 Å². The number of nitro groups is 1. The molecule has 0 bridgehead atoms. The zero-order valence-electron chi connectivity index (χ0n) is 81.7. The van der Waals surface area contributed by atoms with Crippen LogP contribution in [0.1, 0.15) is 27.8 Å². The summed E-state index contributed by atoms with van der Waals surface area (Å²) in [5.74, 6) is -1.19. The van der Waals surface area contributed by atoms with Gasteiger partial charge in [0.25, 0.3) is 52.9 Å². The van der Waals surface area contributed by atoms with E-state index in [9.17, 15) is 89.3 Å². The molecular weight excluding hydrogens is 1930 g/mol. The highest BCUT2D eigenvalue weighted by molar-refractivity contribution is 6.30. The van der Waals surface area contributed by atoms with Crippen LogP contribution in [0.5, 0.6) is 46.0 Å². The normalized spacial score (nSPS) is 15.1. The molecule has 13 aromatic rings. The van der Waals surface area contributed by atoms with Gasteiger partial charge >= 0.3 is 0 Å². The Morgan fingerprint density at radius 2 is 0.550 bits per heavy atom. The van der Waals surface area contributed by atoms with Gasteiger partial charge in [0, 0.05) is 170 Å². The van der Waals surface area contributed by atoms with Crippen molar-refractivity contribution in [2.75, 3.05) is 124 Å². The quantitative estimate of drug-likeness (QED) is 0.0134. The summed E-state index contributed by atoms with van der Waals surface area (Å²) < 4.78 is 23.3. The number of nitro benzene ring substituents is 1. The van der Waals surface area contributed by atoms with E-state index < -0.39 is 101 Å². The molecule has 0 aromatic heterocycles. The van der Waals surface area contributed by atoms with Crippen LogP contribution in [0.15, 0.2) is 334 Å². The van der Waals surface area contributed by atoms with Gasteiger partial charge in [0.05, 0.1) is 11.0 Å². The van der Waals surface area contributed by atoms with Gasteiger partial charge in [0.1, 0.15) is 46.0 Å². The van der Waals surface area contributed by atoms with Crippen LogP contribution >= 0.6 is 11.6 Å². The van der Waals surface area contributed by atoms with Gasteiger partial charge in [0.2, 0.25) is 0 Å². The van der Waals surface area contributed by atoms with Gasteiger partial charge in [-0.05, 0) is 174 Å². The summed E-state index contributed by atoms with van der Waals surface area (Å²) in [6.07, 6.45) is -14.8. The standard InChI is InChI=1S/C31H31N3O5.C28H31N3O5.C27H28ClN3O5.C27H28N4O7/c35-28(29(36)31(38)34-19-17-33(18-20-34)24-9-2-1-3-10-24)30(37)32-21-22-13-15-25(16-14-22)39-27-12-6-8-23-7-4-5-11-26(23)27;1-20-7-5-6-10-24(20)36-23-13-11-21(12-14-23)19-29-27(34)25(32)26(33)28(35)31-17-15-30(16-18-31)22-8-3-2-4-9-22;28-20-5-4-8-23(17-20)36-22-11-9-19(10-12-22)18-29-26(34)24(32)25(33)27(35)31-15-13-30(14-16-31)21-6-2-1-3-7-21;32-24(25(33)27(35)30-15-13-29(14-16-30)20-5-2-1-3-6-20)26(34)28-18-19-9-11-22(12-10-19)38-23-8-4-7-21(17-23)31(36)37/h1-16,28-29,35-36H,17-21H2,(H,32,37);2-14,25-26,32-33H,15-19H2,1H3,(H,29,34);1-12,17,24-25,32-33H,13-16,18H2,(H,29,34);1-12,17,24-25,32-33H,13-16,18H2,(H,28,34)/t28-,29-;25-,26-;2*24-,25-/m1111/s1. The number of aryl methyl sites for hydroxylation is 1. The summed E-state index contributed by atoms with van der Waals surface area (Å²) in [4.78, 5) is 125. The minimum Gasteiger partial charge on any atom is -0.457 e. The number of halogens is 1. The number of aliphatic hydroxyl groups excluding tert-OH is 8. The molecule has 12 N–H and O–H groups in total. The van der Waals surface area contributed by atoms with Crippen molar-refractivity contribution in [2.45, 2.75) is 81.9 Å². The predicted molar refractivity (Wildman–Crippen MR) is 562 cm³/mol. The number of benzene rings is 13. The molecule has 8 amide bonds. The fraction of sp³-hybridized carbons (Fsp3) is 0.257. The van der Waals surface area contributed by atoms with Crippen LogP contribution in [0.2, 0.25) is 5.02 Å². The topological polar surface area (TPSA) is 453 Å². The van der Waals surface area contributed by atoms with Crippen molar-refractivity contribution in [3.63, 3.8) is 0 Å². The number of nitrogens with one attached hydrogen (secondary N) is 4. The van der Waals surface area contributed by atoms with E-state index in [1.807, 2.05) is 195 Å². The molecule has 4 aliphatic heterocycles. The summed E-state index contributed by atoms with van der Waals surface area (Å²) in [6.45, 7) is 10.3. The second-order valence-electron chi connectivity index (χ2n) is 35.5. The first kappa shape index (κ1) is 108. The molecule has 35 nitrogen and oxygen atoms in total. The van der Waals surface area contributed by atoms with Crippen molar-refractivity contribution in [3.8, 4) is 46.0 Å². The summed E-state index contributed by atoms with van der Waals surface area (Å²) in [7, 11) is 0. The number of hydrogen-bond acceptors (Lipinski definition) is 26. The Bertz CT molecular complexity index is 6590. The van der Waals surface area contributed by atoms with Crippen LogP contribution in [-0.4, -0.2) is 266 Å². The third kappa shape index (κ3) is 30.9. The SMILES string of the molecule is Cc1ccccc1Oc1ccc(CNC(=O)[C@H](O)[C@@H](O)C(=O)N2CCN(c3ccccc3)CC2)cc1.O=C(NCc1ccc(Oc2cccc(Cl)c2)cc1)[C@H](O)[C@@H](O)C(=O)N1CCN(c2ccccc2)CC1.O=C(NCc1ccc(Oc2cccc([N+](=O)[O-])c2)cc1)[C@H](O)[C@@H](O)C(=O)N1CCN(c2ccccc2)CC1.O=C(NCc1ccc(Oc2cccc3ccccc23)cc1)[C@H](O)[C@@H](O)C(=O)N1CCN(c2ccccc2)CC1. The highest BCUT2D eigenvalue weighted by Gasteiger charge is 2.40. The molecule has 4 aliphatic rings. The van der Waals surface area contributed by atoms with Crippen molar-refractivity contribution in [1.82, 2.24) is 40.9 Å². The highest BCUT2D eigenvalue weighted by Crippen LogP contribution is 2.34. The second-order valence-corrected chi connectivity index (χ2v) is 35.9. The van der Waals surface area contributed by atoms with Crippen LogP contribution in [0.4, 0.5) is 28.4 Å². The molecule has 13 aromatic carbocycles. The number of nitrogens with zero attached hydrogens (tertiary/aromatic N) is 9. The number of ether oxygens (including phenoxy) is 4. The highest BCUT2D eigenvalue weighted by atomic mass is 35.5. The van der Waals surface area contributed by atoms with Crippen molar-refractivity contribution < 1.29 is 103 Å². The summed E-state index contributed by atoms with van der Waals surface area (Å²) in [6, 6.07) is 102. The van der Waals surface area contributed by atoms with Gasteiger partial charge in [0.15, 0.2) is 48.8 Å². The average molecular weight is 2050 g/mol. The molecule has 0 saturated carbocycles. The Balaban J connectivity index is 0.000000157. The van der Waals surface area contributed by atoms with Crippen molar-refractivity contribution in [1.29, 1.82) is 0 Å². The third-order valence-corrected chi connectivity index (χ3v) is 25.5. The van der Waals surface area contributed by atoms with Gasteiger partial charge in [-0.1, -0.05) is 200 Å². The van der Waals surface area contributed by atoms with Crippen molar-refractivity contribution >= 4 is 98.1 Å². The number of non-ortho nitro benzene ring substituents is 1. The van der Waals surface area contributed by atoms with Crippen LogP contribution in [0.25, 0.3) is 10.8 Å². The maximum atomic E-state index is 12.7. The number of piperazine rings is 4. The number of aliphatic hydroxyl groups is 8. The van der Waals surface area contributed by atoms with Gasteiger partial charge in [-0.25, -0.2) is 0 Å². The van der Waals surface area contributed by atoms with Gasteiger partial charge in [-0.2, -0.15) is 0 Å². The lowest BCUT2D eigenvalue weighted by Crippen LogP contribution is -2.55. The Morgan fingerprint density at radius 1 is 0.289 bits per heavy atom. The summed E-state index contributed by atoms with van der Waals surface area (Å²) >= 11 is 5.96. The van der Waals surface area contributed by atoms with E-state index in [-0.39, 0.29) is 31.9 Å². The summed E-state index contributed by atoms with van der Waals surface area (Å²) in [5, 5.41) is 106. The van der Waals surface area contributed by atoms with Crippen LogP contribution in [-0.2, 0) is 64.5 Å². The molecule has 36 heteroatoms. The molecule has 0 aliphatic carbocycles. The molecule has 149 heavy (non-hydrogen) atoms. The number of para-hydroxylation sites is 5. The molecule has 0 radical (unpaired) electrons. The Kier molecular flexibility index (Phi) is 39.0. The average Bonchev–Trinajstić information content (AvgIpc) is 0.958. The predicted octanol–water partition coefficient (Wildman–Crippen LogP) is 10.7. The first-order chi connectivity index (χ1) is 72.1. The van der Waals surface area contributed by atoms with Gasteiger partial charge < -0.3 is 120 Å². The molecule has 8 atom stereocenters. The number of carbonyl (C=O) groups is 8. The van der Waals surface area contributed by atoms with Crippen LogP contribution < -0.4 is 59.8 Å². The molecule has 4 heterocycles. The number of anilines is 4. The van der Waals surface area contributed by atoms with E-state index in [1.165, 1.54) is 37.8 Å². The number of fused-ring (bicyclic) bond motifs is 1. The number of amides is 8. The fourth-order valence-electron chi connectivity index (χ4n) is 16.7. The lowest BCUT2D eigenvalue weighted by Gasteiger charge is -2.37. The minimum absolute atomic E-state index is 0.0453. The van der Waals surface area contributed by atoms with E-state index in [0.717, 1.165) is 67.3 Å². The molecule has 0 spiro atoms. The molecule has 4 saturated heterocycles. The molecule has 0 unspecified atom stereocenters. The van der Waals surface area contributed by atoms with Gasteiger partial charge in [-0.3, -0.25) is 48.5 Å². The number of rotatable bonds is 33. The Morgan fingerprint density at radius 3 is 0.866 bits per heavy atom. The van der Waals surface area contributed by atoms with E-state index in [1.54, 1.807) is 127 Å². The lowest BCUT2D eigenvalue weighted by molar-refractivity contribution is -0.384. The Hall–Kier alpha value is -16.4. The third-order valence-electron chi connectivity index (χ3n) is 25.3. The summed E-state index contributed by atoms with van der Waals surface area (Å²) in [5.41, 5.74) is 8.17. The zero-order chi connectivity index (χ0) is 105. The molecular formula is C113H118ClN13O22. The number of hydrogen-bond donors (Lipinski definition) is 12. The zero-order valence-corrected chi connectivity index (χ0v) is 82.5. The lowest BCUT2D eigenvalue weighted by atomic mass is 10.1. The maximum Gasteiger partial charge on any atom is 0.273 e. The minimum atomic E-state index is -1.91. The van der Waals surface area contributed by atoms with Crippen LogP contribution in [0, 0.1) is 17.0 Å². The smallest absolute Gasteiger partial charge is 0.273 e. The molecule has 774 valence electrons. The number of carbonyl (C=O) groups excluding carboxylic acids is 8. The molecule has 17 rings (SSSR count). The van der Waals surface area contributed by atoms with E-state index in [4.69, 9.17) is 30.5 Å². The van der Waals surface area contributed by atoms with E-state index in [2.05, 4.69) is 40.9 Å².